The van der Waals surface area contributed by atoms with Crippen molar-refractivity contribution in [3.05, 3.63) is 48.0 Å². The number of hydrogen-bond acceptors (Lipinski definition) is 4. The Kier molecular flexibility index (Phi) is 5.26. The second-order valence-electron chi connectivity index (χ2n) is 4.97. The first-order valence-electron chi connectivity index (χ1n) is 7.18. The van der Waals surface area contributed by atoms with Crippen LogP contribution in [-0.4, -0.2) is 14.8 Å². The van der Waals surface area contributed by atoms with Crippen LogP contribution in [0.2, 0.25) is 0 Å². The number of hydrazine groups is 1. The van der Waals surface area contributed by atoms with Gasteiger partial charge in [-0.25, -0.2) is 0 Å². The highest BCUT2D eigenvalue weighted by Gasteiger charge is 2.14. The molecule has 0 amide bonds. The van der Waals surface area contributed by atoms with E-state index in [9.17, 15) is 0 Å². The molecule has 20 heavy (non-hydrogen) atoms. The van der Waals surface area contributed by atoms with E-state index in [1.165, 1.54) is 0 Å². The maximum atomic E-state index is 5.66. The van der Waals surface area contributed by atoms with E-state index in [0.29, 0.717) is 6.04 Å². The Morgan fingerprint density at radius 2 is 2.10 bits per heavy atom. The molecule has 0 fully saturated rings. The van der Waals surface area contributed by atoms with Crippen LogP contribution in [0.4, 0.5) is 0 Å². The molecule has 2 aromatic rings. The summed E-state index contributed by atoms with van der Waals surface area (Å²) in [5.74, 6) is 5.66. The number of nitrogens with one attached hydrogen (secondary N) is 1. The topological polar surface area (TPSA) is 68.8 Å². The second kappa shape index (κ2) is 7.17. The Bertz CT molecular complexity index is 504. The molecule has 0 spiro atoms. The first kappa shape index (κ1) is 14.7. The van der Waals surface area contributed by atoms with Gasteiger partial charge in [-0.05, 0) is 30.5 Å². The molecule has 0 aromatic carbocycles. The Morgan fingerprint density at radius 3 is 2.70 bits per heavy atom. The predicted molar refractivity (Wildman–Crippen MR) is 79.9 cm³/mol. The van der Waals surface area contributed by atoms with Crippen molar-refractivity contribution in [2.24, 2.45) is 5.84 Å². The fraction of sp³-hybridized carbons (Fsp3) is 0.467. The minimum absolute atomic E-state index is 0.0359. The predicted octanol–water partition coefficient (Wildman–Crippen LogP) is 2.39. The van der Waals surface area contributed by atoms with Gasteiger partial charge in [-0.1, -0.05) is 19.9 Å². The number of pyridine rings is 1. The molecule has 2 heterocycles. The molecule has 0 bridgehead atoms. The standard InChI is InChI=1S/C15H23N5/c1-3-14(4-2)20-9-7-13(19-20)10-15(18-16)12-6-5-8-17-11-12/h5-9,11,14-15,18H,3-4,10,16H2,1-2H3. The highest BCUT2D eigenvalue weighted by atomic mass is 15.3. The van der Waals surface area contributed by atoms with Gasteiger partial charge < -0.3 is 0 Å². The molecule has 3 N–H and O–H groups in total. The summed E-state index contributed by atoms with van der Waals surface area (Å²) >= 11 is 0. The highest BCUT2D eigenvalue weighted by Crippen LogP contribution is 2.18. The van der Waals surface area contributed by atoms with Crippen molar-refractivity contribution in [1.82, 2.24) is 20.2 Å². The Labute approximate surface area is 120 Å². The van der Waals surface area contributed by atoms with Crippen LogP contribution in [0.15, 0.2) is 36.8 Å². The summed E-state index contributed by atoms with van der Waals surface area (Å²) in [5, 5.41) is 4.67. The SMILES string of the molecule is CCC(CC)n1ccc(CC(NN)c2cccnc2)n1. The van der Waals surface area contributed by atoms with E-state index >= 15 is 0 Å². The number of rotatable bonds is 7. The monoisotopic (exact) mass is 273 g/mol. The zero-order chi connectivity index (χ0) is 14.4. The minimum atomic E-state index is 0.0359. The average molecular weight is 273 g/mol. The van der Waals surface area contributed by atoms with Crippen LogP contribution in [0.5, 0.6) is 0 Å². The summed E-state index contributed by atoms with van der Waals surface area (Å²) < 4.78 is 2.06. The van der Waals surface area contributed by atoms with Crippen molar-refractivity contribution in [2.45, 2.75) is 45.2 Å². The van der Waals surface area contributed by atoms with E-state index in [-0.39, 0.29) is 6.04 Å². The van der Waals surface area contributed by atoms with Gasteiger partial charge in [-0.15, -0.1) is 0 Å². The third-order valence-electron chi connectivity index (χ3n) is 3.68. The van der Waals surface area contributed by atoms with Crippen LogP contribution in [0.25, 0.3) is 0 Å². The van der Waals surface area contributed by atoms with E-state index < -0.39 is 0 Å². The largest absolute Gasteiger partial charge is 0.271 e. The summed E-state index contributed by atoms with van der Waals surface area (Å²) in [4.78, 5) is 4.13. The smallest absolute Gasteiger partial charge is 0.0644 e. The molecular weight excluding hydrogens is 250 g/mol. The highest BCUT2D eigenvalue weighted by molar-refractivity contribution is 5.16. The maximum absolute atomic E-state index is 5.66. The van der Waals surface area contributed by atoms with Crippen molar-refractivity contribution in [3.63, 3.8) is 0 Å². The van der Waals surface area contributed by atoms with Crippen molar-refractivity contribution < 1.29 is 0 Å². The van der Waals surface area contributed by atoms with Gasteiger partial charge in [0.05, 0.1) is 17.8 Å². The van der Waals surface area contributed by atoms with Crippen LogP contribution in [-0.2, 0) is 6.42 Å². The van der Waals surface area contributed by atoms with Gasteiger partial charge >= 0.3 is 0 Å². The molecule has 2 rings (SSSR count). The molecule has 1 unspecified atom stereocenters. The molecule has 108 valence electrons. The zero-order valence-corrected chi connectivity index (χ0v) is 12.2. The molecule has 0 saturated heterocycles. The van der Waals surface area contributed by atoms with Crippen LogP contribution < -0.4 is 11.3 Å². The number of hydrogen-bond donors (Lipinski definition) is 2. The molecule has 5 heteroatoms. The molecule has 0 aliphatic rings. The van der Waals surface area contributed by atoms with Gasteiger partial charge in [-0.3, -0.25) is 20.9 Å². The van der Waals surface area contributed by atoms with Gasteiger partial charge in [0.15, 0.2) is 0 Å². The first-order chi connectivity index (χ1) is 9.78. The lowest BCUT2D eigenvalue weighted by atomic mass is 10.1. The average Bonchev–Trinajstić information content (AvgIpc) is 2.95. The van der Waals surface area contributed by atoms with Crippen molar-refractivity contribution in [2.75, 3.05) is 0 Å². The molecule has 0 aliphatic carbocycles. The van der Waals surface area contributed by atoms with Crippen LogP contribution in [0.1, 0.15) is 50.0 Å². The molecule has 5 nitrogen and oxygen atoms in total. The quantitative estimate of drug-likeness (QED) is 0.600. The first-order valence-corrected chi connectivity index (χ1v) is 7.18. The Balaban J connectivity index is 2.09. The van der Waals surface area contributed by atoms with Crippen molar-refractivity contribution in [1.29, 1.82) is 0 Å². The molecule has 0 saturated carbocycles. The molecule has 1 atom stereocenters. The Morgan fingerprint density at radius 1 is 1.30 bits per heavy atom. The second-order valence-corrected chi connectivity index (χ2v) is 4.97. The van der Waals surface area contributed by atoms with Gasteiger partial charge in [0.2, 0.25) is 0 Å². The lowest BCUT2D eigenvalue weighted by Gasteiger charge is -2.15. The third-order valence-corrected chi connectivity index (χ3v) is 3.68. The van der Waals surface area contributed by atoms with Crippen LogP contribution in [0.3, 0.4) is 0 Å². The van der Waals surface area contributed by atoms with E-state index in [0.717, 1.165) is 30.5 Å². The summed E-state index contributed by atoms with van der Waals surface area (Å²) in [6, 6.07) is 6.52. The van der Waals surface area contributed by atoms with Gasteiger partial charge in [0.25, 0.3) is 0 Å². The zero-order valence-electron chi connectivity index (χ0n) is 12.2. The van der Waals surface area contributed by atoms with E-state index in [1.807, 2.05) is 18.3 Å². The third kappa shape index (κ3) is 3.43. The summed E-state index contributed by atoms with van der Waals surface area (Å²) in [6.45, 7) is 4.38. The lowest BCUT2D eigenvalue weighted by molar-refractivity contribution is 0.422. The Hall–Kier alpha value is -1.72. The van der Waals surface area contributed by atoms with Gasteiger partial charge in [0, 0.05) is 25.0 Å². The fourth-order valence-corrected chi connectivity index (χ4v) is 2.42. The van der Waals surface area contributed by atoms with Crippen molar-refractivity contribution in [3.8, 4) is 0 Å². The molecule has 0 aliphatic heterocycles. The lowest BCUT2D eigenvalue weighted by Crippen LogP contribution is -2.29. The van der Waals surface area contributed by atoms with Crippen LogP contribution in [0, 0.1) is 0 Å². The number of aromatic nitrogens is 3. The van der Waals surface area contributed by atoms with Gasteiger partial charge in [0.1, 0.15) is 0 Å². The van der Waals surface area contributed by atoms with Crippen molar-refractivity contribution >= 4 is 0 Å². The maximum Gasteiger partial charge on any atom is 0.0644 e. The minimum Gasteiger partial charge on any atom is -0.271 e. The normalized spacial score (nSPS) is 12.8. The van der Waals surface area contributed by atoms with E-state index in [4.69, 9.17) is 5.84 Å². The summed E-state index contributed by atoms with van der Waals surface area (Å²) in [6.07, 6.45) is 8.61. The molecule has 0 radical (unpaired) electrons. The number of nitrogens with zero attached hydrogens (tertiary/aromatic N) is 3. The van der Waals surface area contributed by atoms with E-state index in [1.54, 1.807) is 6.20 Å². The molecular formula is C15H23N5. The summed E-state index contributed by atoms with van der Waals surface area (Å²) in [7, 11) is 0. The van der Waals surface area contributed by atoms with Crippen LogP contribution >= 0.6 is 0 Å². The molecule has 2 aromatic heterocycles. The van der Waals surface area contributed by atoms with E-state index in [2.05, 4.69) is 46.3 Å². The summed E-state index contributed by atoms with van der Waals surface area (Å²) in [5.41, 5.74) is 4.97. The fourth-order valence-electron chi connectivity index (χ4n) is 2.42. The van der Waals surface area contributed by atoms with Gasteiger partial charge in [-0.2, -0.15) is 5.10 Å². The number of nitrogens with two attached hydrogens (primary N) is 1.